The van der Waals surface area contributed by atoms with Gasteiger partial charge >= 0.3 is 5.97 Å². The minimum Gasteiger partial charge on any atom is -0.464 e. The smallest absolute Gasteiger partial charge is 0.340 e. The number of nitrogens with zero attached hydrogens (tertiary/aromatic N) is 1. The number of pyridine rings is 1. The van der Waals surface area contributed by atoms with Crippen LogP contribution in [-0.2, 0) is 14.3 Å². The molecule has 0 saturated heterocycles. The van der Waals surface area contributed by atoms with Crippen LogP contribution in [0.5, 0.6) is 0 Å². The summed E-state index contributed by atoms with van der Waals surface area (Å²) in [6.07, 6.45) is -0.148. The average Bonchev–Trinajstić information content (AvgIpc) is 2.52. The second kappa shape index (κ2) is 7.62. The van der Waals surface area contributed by atoms with E-state index in [1.165, 1.54) is 0 Å². The first-order valence-corrected chi connectivity index (χ1v) is 8.86. The minimum absolute atomic E-state index is 0.275. The molecule has 0 saturated carbocycles. The lowest BCUT2D eigenvalue weighted by atomic mass is 9.99. The van der Waals surface area contributed by atoms with Gasteiger partial charge in [0.1, 0.15) is 5.69 Å². The number of aromatic nitrogens is 1. The number of hydrogen-bond donors (Lipinski definition) is 0. The second-order valence-corrected chi connectivity index (χ2v) is 7.50. The normalized spacial score (nSPS) is 12.9. The molecule has 0 spiro atoms. The van der Waals surface area contributed by atoms with Crippen molar-refractivity contribution >= 4 is 39.1 Å². The van der Waals surface area contributed by atoms with Gasteiger partial charge in [-0.15, -0.1) is 0 Å². The zero-order chi connectivity index (χ0) is 18.8. The summed E-state index contributed by atoms with van der Waals surface area (Å²) in [5, 5.41) is 0.804. The van der Waals surface area contributed by atoms with Gasteiger partial charge in [0.25, 0.3) is 0 Å². The van der Waals surface area contributed by atoms with Crippen molar-refractivity contribution in [2.24, 2.45) is 0 Å². The van der Waals surface area contributed by atoms with Crippen molar-refractivity contribution in [3.63, 3.8) is 0 Å². The van der Waals surface area contributed by atoms with Crippen molar-refractivity contribution < 1.29 is 19.1 Å². The zero-order valence-corrected chi connectivity index (χ0v) is 16.6. The van der Waals surface area contributed by atoms with Gasteiger partial charge in [-0.1, -0.05) is 0 Å². The van der Waals surface area contributed by atoms with Crippen molar-refractivity contribution in [3.8, 4) is 0 Å². The van der Waals surface area contributed by atoms with E-state index < -0.39 is 17.7 Å². The number of benzene rings is 1. The van der Waals surface area contributed by atoms with E-state index in [4.69, 9.17) is 9.47 Å². The first-order chi connectivity index (χ1) is 11.7. The molecule has 2 aromatic rings. The molecule has 6 heteroatoms. The Morgan fingerprint density at radius 2 is 2.04 bits per heavy atom. The summed E-state index contributed by atoms with van der Waals surface area (Å²) in [7, 11) is 0. The van der Waals surface area contributed by atoms with E-state index in [1.807, 2.05) is 33.8 Å². The maximum absolute atomic E-state index is 12.5. The number of hydrogen-bond acceptors (Lipinski definition) is 5. The predicted octanol–water partition coefficient (Wildman–Crippen LogP) is 4.54. The Morgan fingerprint density at radius 1 is 1.36 bits per heavy atom. The maximum Gasteiger partial charge on any atom is 0.340 e. The molecule has 5 nitrogen and oxygen atoms in total. The second-order valence-electron chi connectivity index (χ2n) is 6.70. The van der Waals surface area contributed by atoms with Gasteiger partial charge < -0.3 is 9.47 Å². The van der Waals surface area contributed by atoms with Crippen LogP contribution >= 0.6 is 15.9 Å². The maximum atomic E-state index is 12.5. The van der Waals surface area contributed by atoms with Crippen LogP contribution in [0.1, 0.15) is 55.4 Å². The molecule has 1 heterocycles. The lowest BCUT2D eigenvalue weighted by Gasteiger charge is -2.28. The van der Waals surface area contributed by atoms with E-state index >= 15 is 0 Å². The third kappa shape index (κ3) is 4.44. The molecule has 134 valence electrons. The number of esters is 1. The third-order valence-electron chi connectivity index (χ3n) is 3.55. The molecule has 1 aromatic heterocycles. The van der Waals surface area contributed by atoms with Crippen molar-refractivity contribution in [2.75, 3.05) is 6.61 Å². The number of aldehydes is 1. The van der Waals surface area contributed by atoms with Crippen LogP contribution in [0.3, 0.4) is 0 Å². The summed E-state index contributed by atoms with van der Waals surface area (Å²) >= 11 is 3.59. The molecule has 1 aromatic carbocycles. The Morgan fingerprint density at radius 3 is 2.60 bits per heavy atom. The van der Waals surface area contributed by atoms with Gasteiger partial charge in [-0.3, -0.25) is 4.79 Å². The lowest BCUT2D eigenvalue weighted by Crippen LogP contribution is -2.29. The zero-order valence-electron chi connectivity index (χ0n) is 15.1. The molecule has 1 atom stereocenters. The van der Waals surface area contributed by atoms with Crippen LogP contribution in [0.15, 0.2) is 22.7 Å². The summed E-state index contributed by atoms with van der Waals surface area (Å²) in [6.45, 7) is 9.59. The molecule has 25 heavy (non-hydrogen) atoms. The van der Waals surface area contributed by atoms with Gasteiger partial charge in [-0.05, 0) is 74.3 Å². The number of rotatable bonds is 5. The van der Waals surface area contributed by atoms with Gasteiger partial charge in [0, 0.05) is 15.4 Å². The van der Waals surface area contributed by atoms with E-state index in [0.29, 0.717) is 23.1 Å². The molecule has 0 amide bonds. The third-order valence-corrected chi connectivity index (χ3v) is 4.41. The Hall–Kier alpha value is -1.79. The molecule has 0 radical (unpaired) electrons. The largest absolute Gasteiger partial charge is 0.464 e. The molecular formula is C19H22BrNO4. The highest BCUT2D eigenvalue weighted by molar-refractivity contribution is 9.10. The molecule has 0 aliphatic heterocycles. The van der Waals surface area contributed by atoms with Gasteiger partial charge in [-0.25, -0.2) is 9.78 Å². The van der Waals surface area contributed by atoms with Crippen LogP contribution in [0.4, 0.5) is 0 Å². The number of fused-ring (bicyclic) bond motifs is 1. The highest BCUT2D eigenvalue weighted by Gasteiger charge is 2.32. The Labute approximate surface area is 155 Å². The molecule has 2 rings (SSSR count). The highest BCUT2D eigenvalue weighted by atomic mass is 79.9. The van der Waals surface area contributed by atoms with E-state index in [-0.39, 0.29) is 6.61 Å². The van der Waals surface area contributed by atoms with Crippen molar-refractivity contribution in [1.29, 1.82) is 0 Å². The summed E-state index contributed by atoms with van der Waals surface area (Å²) < 4.78 is 11.9. The van der Waals surface area contributed by atoms with E-state index in [1.54, 1.807) is 19.1 Å². The van der Waals surface area contributed by atoms with Crippen LogP contribution in [-0.4, -0.2) is 29.4 Å². The fourth-order valence-corrected chi connectivity index (χ4v) is 3.43. The van der Waals surface area contributed by atoms with Gasteiger partial charge in [-0.2, -0.15) is 0 Å². The topological polar surface area (TPSA) is 65.5 Å². The summed E-state index contributed by atoms with van der Waals surface area (Å²) in [4.78, 5) is 27.8. The lowest BCUT2D eigenvalue weighted by molar-refractivity contribution is -0.167. The summed E-state index contributed by atoms with van der Waals surface area (Å²) in [5.74, 6) is -0.432. The Bertz CT molecular complexity index is 811. The highest BCUT2D eigenvalue weighted by Crippen LogP contribution is 2.37. The van der Waals surface area contributed by atoms with Crippen LogP contribution < -0.4 is 0 Å². The SMILES string of the molecule is CCOC(=O)C(OC(C)(C)C)c1c(C)cc2nc(C=O)ccc2c1Br. The molecular weight excluding hydrogens is 386 g/mol. The van der Waals surface area contributed by atoms with E-state index in [2.05, 4.69) is 20.9 Å². The number of carbonyl (C=O) groups excluding carboxylic acids is 2. The number of ether oxygens (including phenoxy) is 2. The first kappa shape index (κ1) is 19.5. The fourth-order valence-electron chi connectivity index (χ4n) is 2.57. The Balaban J connectivity index is 2.65. The molecule has 0 bridgehead atoms. The summed E-state index contributed by atoms with van der Waals surface area (Å²) in [6, 6.07) is 5.29. The van der Waals surface area contributed by atoms with E-state index in [9.17, 15) is 9.59 Å². The molecule has 0 aliphatic rings. The predicted molar refractivity (Wildman–Crippen MR) is 99.8 cm³/mol. The van der Waals surface area contributed by atoms with Crippen molar-refractivity contribution in [1.82, 2.24) is 4.98 Å². The van der Waals surface area contributed by atoms with Crippen molar-refractivity contribution in [3.05, 3.63) is 39.5 Å². The van der Waals surface area contributed by atoms with Crippen LogP contribution in [0, 0.1) is 6.92 Å². The molecule has 1 unspecified atom stereocenters. The summed E-state index contributed by atoms with van der Waals surface area (Å²) in [5.41, 5.74) is 2.05. The van der Waals surface area contributed by atoms with Crippen LogP contribution in [0.25, 0.3) is 10.9 Å². The monoisotopic (exact) mass is 407 g/mol. The van der Waals surface area contributed by atoms with Gasteiger partial charge in [0.15, 0.2) is 12.4 Å². The standard InChI is InChI=1S/C19H22BrNO4/c1-6-24-18(23)17(25-19(3,4)5)15-11(2)9-14-13(16(15)20)8-7-12(10-22)21-14/h7-10,17H,6H2,1-5H3. The minimum atomic E-state index is -0.857. The average molecular weight is 408 g/mol. The fraction of sp³-hybridized carbons (Fsp3) is 0.421. The van der Waals surface area contributed by atoms with Crippen molar-refractivity contribution in [2.45, 2.75) is 46.3 Å². The van der Waals surface area contributed by atoms with Crippen LogP contribution in [0.2, 0.25) is 0 Å². The number of aryl methyl sites for hydroxylation is 1. The number of carbonyl (C=O) groups is 2. The Kier molecular flexibility index (Phi) is 5.95. The molecule has 0 N–H and O–H groups in total. The molecule has 0 fully saturated rings. The first-order valence-electron chi connectivity index (χ1n) is 8.07. The van der Waals surface area contributed by atoms with Gasteiger partial charge in [0.2, 0.25) is 0 Å². The van der Waals surface area contributed by atoms with E-state index in [0.717, 1.165) is 15.4 Å². The van der Waals surface area contributed by atoms with Gasteiger partial charge in [0.05, 0.1) is 17.7 Å². The number of halogens is 1. The molecule has 0 aliphatic carbocycles. The quantitative estimate of drug-likeness (QED) is 0.537.